The summed E-state index contributed by atoms with van der Waals surface area (Å²) >= 11 is 0. The molecule has 1 amide bonds. The number of benzene rings is 2. The zero-order valence-corrected chi connectivity index (χ0v) is 17.0. The van der Waals surface area contributed by atoms with Crippen LogP contribution in [0.5, 0.6) is 17.2 Å². The van der Waals surface area contributed by atoms with Crippen LogP contribution in [0.25, 0.3) is 0 Å². The van der Waals surface area contributed by atoms with Gasteiger partial charge in [0.25, 0.3) is 5.91 Å². The molecule has 0 aromatic heterocycles. The highest BCUT2D eigenvalue weighted by Crippen LogP contribution is 2.38. The average Bonchev–Trinajstić information content (AvgIpc) is 2.71. The predicted molar refractivity (Wildman–Crippen MR) is 104 cm³/mol. The van der Waals surface area contributed by atoms with Crippen LogP contribution >= 0.6 is 0 Å². The Kier molecular flexibility index (Phi) is 7.41. The van der Waals surface area contributed by atoms with Crippen LogP contribution < -0.4 is 14.2 Å². The number of methoxy groups -OCH3 is 3. The van der Waals surface area contributed by atoms with Crippen molar-refractivity contribution >= 4 is 11.9 Å². The van der Waals surface area contributed by atoms with Crippen molar-refractivity contribution in [2.45, 2.75) is 19.6 Å². The summed E-state index contributed by atoms with van der Waals surface area (Å²) in [5, 5.41) is 0. The molecule has 1 atom stereocenters. The van der Waals surface area contributed by atoms with Crippen molar-refractivity contribution in [1.82, 2.24) is 4.90 Å². The molecule has 7 nitrogen and oxygen atoms in total. The summed E-state index contributed by atoms with van der Waals surface area (Å²) in [5.41, 5.74) is 0.774. The van der Waals surface area contributed by atoms with Gasteiger partial charge in [-0.2, -0.15) is 0 Å². The number of carbonyl (C=O) groups is 2. The molecule has 0 aliphatic heterocycles. The lowest BCUT2D eigenvalue weighted by atomic mass is 10.1. The zero-order valence-electron chi connectivity index (χ0n) is 17.0. The van der Waals surface area contributed by atoms with Crippen molar-refractivity contribution in [3.63, 3.8) is 0 Å². The molecule has 156 valence electrons. The minimum atomic E-state index is -1.04. The van der Waals surface area contributed by atoms with Crippen LogP contribution in [0.4, 0.5) is 4.39 Å². The van der Waals surface area contributed by atoms with E-state index in [4.69, 9.17) is 18.9 Å². The van der Waals surface area contributed by atoms with E-state index in [1.54, 1.807) is 19.2 Å². The fourth-order valence-electron chi connectivity index (χ4n) is 2.78. The molecule has 2 aromatic carbocycles. The monoisotopic (exact) mass is 405 g/mol. The highest BCUT2D eigenvalue weighted by Gasteiger charge is 2.24. The quantitative estimate of drug-likeness (QED) is 0.629. The zero-order chi connectivity index (χ0) is 21.6. The van der Waals surface area contributed by atoms with Crippen LogP contribution in [0.15, 0.2) is 36.4 Å². The van der Waals surface area contributed by atoms with E-state index in [-0.39, 0.29) is 17.9 Å². The van der Waals surface area contributed by atoms with Crippen LogP contribution in [0, 0.1) is 5.82 Å². The van der Waals surface area contributed by atoms with Gasteiger partial charge in [0.1, 0.15) is 5.82 Å². The average molecular weight is 405 g/mol. The summed E-state index contributed by atoms with van der Waals surface area (Å²) in [4.78, 5) is 26.4. The highest BCUT2D eigenvalue weighted by atomic mass is 19.1. The SMILES string of the molecule is COc1cc(C(=O)OC(C)C(=O)N(C)Cc2cccc(F)c2)cc(OC)c1OC. The minimum absolute atomic E-state index is 0.145. The molecule has 0 spiro atoms. The number of hydrogen-bond acceptors (Lipinski definition) is 6. The summed E-state index contributed by atoms with van der Waals surface area (Å²) in [6.45, 7) is 1.66. The van der Waals surface area contributed by atoms with E-state index in [9.17, 15) is 14.0 Å². The van der Waals surface area contributed by atoms with Crippen molar-refractivity contribution < 1.29 is 32.9 Å². The number of ether oxygens (including phenoxy) is 4. The van der Waals surface area contributed by atoms with Gasteiger partial charge in [-0.1, -0.05) is 12.1 Å². The Labute approximate surface area is 168 Å². The summed E-state index contributed by atoms with van der Waals surface area (Å²) < 4.78 is 34.3. The van der Waals surface area contributed by atoms with Crippen molar-refractivity contribution in [2.75, 3.05) is 28.4 Å². The molecular formula is C21H24FNO6. The molecular weight excluding hydrogens is 381 g/mol. The first-order valence-corrected chi connectivity index (χ1v) is 8.81. The molecule has 0 aliphatic carbocycles. The van der Waals surface area contributed by atoms with Crippen LogP contribution in [0.2, 0.25) is 0 Å². The third-order valence-corrected chi connectivity index (χ3v) is 4.22. The number of hydrogen-bond donors (Lipinski definition) is 0. The van der Waals surface area contributed by atoms with Gasteiger partial charge in [0.15, 0.2) is 17.6 Å². The van der Waals surface area contributed by atoms with Crippen molar-refractivity contribution in [3.8, 4) is 17.2 Å². The van der Waals surface area contributed by atoms with Crippen LogP contribution in [-0.2, 0) is 16.1 Å². The standard InChI is InChI=1S/C21H24FNO6/c1-13(20(24)23(2)12-14-7-6-8-16(22)9-14)29-21(25)15-10-17(26-3)19(28-5)18(11-15)27-4/h6-11,13H,12H2,1-5H3. The lowest BCUT2D eigenvalue weighted by Crippen LogP contribution is -2.37. The second kappa shape index (κ2) is 9.77. The van der Waals surface area contributed by atoms with Gasteiger partial charge in [0.05, 0.1) is 26.9 Å². The van der Waals surface area contributed by atoms with Crippen molar-refractivity contribution in [1.29, 1.82) is 0 Å². The smallest absolute Gasteiger partial charge is 0.339 e. The summed E-state index contributed by atoms with van der Waals surface area (Å²) in [6.07, 6.45) is -1.04. The number of carbonyl (C=O) groups excluding carboxylic acids is 2. The second-order valence-electron chi connectivity index (χ2n) is 6.29. The third-order valence-electron chi connectivity index (χ3n) is 4.22. The molecule has 0 fully saturated rings. The van der Waals surface area contributed by atoms with E-state index in [2.05, 4.69) is 0 Å². The Balaban J connectivity index is 2.10. The summed E-state index contributed by atoms with van der Waals surface area (Å²) in [5.74, 6) is -0.600. The molecule has 0 N–H and O–H groups in total. The summed E-state index contributed by atoms with van der Waals surface area (Å²) in [7, 11) is 5.87. The first kappa shape index (κ1) is 22.0. The molecule has 0 saturated heterocycles. The van der Waals surface area contributed by atoms with E-state index >= 15 is 0 Å². The number of halogens is 1. The van der Waals surface area contributed by atoms with Crippen LogP contribution in [0.1, 0.15) is 22.8 Å². The van der Waals surface area contributed by atoms with E-state index in [1.807, 2.05) is 0 Å². The molecule has 0 bridgehead atoms. The Morgan fingerprint density at radius 2 is 1.66 bits per heavy atom. The van der Waals surface area contributed by atoms with Gasteiger partial charge >= 0.3 is 5.97 Å². The third kappa shape index (κ3) is 5.37. The Hall–Kier alpha value is -3.29. The molecule has 8 heteroatoms. The number of nitrogens with zero attached hydrogens (tertiary/aromatic N) is 1. The number of likely N-dealkylation sites (N-methyl/N-ethyl adjacent to an activating group) is 1. The first-order chi connectivity index (χ1) is 13.8. The largest absolute Gasteiger partial charge is 0.493 e. The van der Waals surface area contributed by atoms with Gasteiger partial charge in [-0.3, -0.25) is 4.79 Å². The molecule has 0 radical (unpaired) electrons. The molecule has 2 aromatic rings. The normalized spacial score (nSPS) is 11.4. The van der Waals surface area contributed by atoms with E-state index in [0.29, 0.717) is 22.8 Å². The topological polar surface area (TPSA) is 74.3 Å². The van der Waals surface area contributed by atoms with Crippen molar-refractivity contribution in [3.05, 3.63) is 53.3 Å². The molecule has 29 heavy (non-hydrogen) atoms. The van der Waals surface area contributed by atoms with Crippen molar-refractivity contribution in [2.24, 2.45) is 0 Å². The van der Waals surface area contributed by atoms with Gasteiger partial charge in [-0.15, -0.1) is 0 Å². The van der Waals surface area contributed by atoms with E-state index < -0.39 is 18.0 Å². The van der Waals surface area contributed by atoms with E-state index in [1.165, 1.54) is 57.4 Å². The van der Waals surface area contributed by atoms with Gasteiger partial charge in [-0.25, -0.2) is 9.18 Å². The molecule has 1 unspecified atom stereocenters. The number of rotatable bonds is 8. The minimum Gasteiger partial charge on any atom is -0.493 e. The first-order valence-electron chi connectivity index (χ1n) is 8.81. The molecule has 0 aliphatic rings. The fraction of sp³-hybridized carbons (Fsp3) is 0.333. The Morgan fingerprint density at radius 1 is 1.03 bits per heavy atom. The summed E-state index contributed by atoms with van der Waals surface area (Å²) in [6, 6.07) is 8.83. The maximum absolute atomic E-state index is 13.3. The molecule has 0 heterocycles. The lowest BCUT2D eigenvalue weighted by molar-refractivity contribution is -0.139. The van der Waals surface area contributed by atoms with Gasteiger partial charge in [-0.05, 0) is 36.8 Å². The fourth-order valence-corrected chi connectivity index (χ4v) is 2.78. The van der Waals surface area contributed by atoms with Gasteiger partial charge in [0, 0.05) is 13.6 Å². The Bertz CT molecular complexity index is 860. The maximum atomic E-state index is 13.3. The lowest BCUT2D eigenvalue weighted by Gasteiger charge is -2.22. The van der Waals surface area contributed by atoms with E-state index in [0.717, 1.165) is 0 Å². The highest BCUT2D eigenvalue weighted by molar-refractivity contribution is 5.93. The molecule has 2 rings (SSSR count). The molecule has 0 saturated carbocycles. The number of amides is 1. The second-order valence-corrected chi connectivity index (χ2v) is 6.29. The predicted octanol–water partition coefficient (Wildman–Crippen LogP) is 3.06. The Morgan fingerprint density at radius 3 is 2.17 bits per heavy atom. The maximum Gasteiger partial charge on any atom is 0.339 e. The van der Waals surface area contributed by atoms with Gasteiger partial charge < -0.3 is 23.8 Å². The van der Waals surface area contributed by atoms with Crippen LogP contribution in [-0.4, -0.2) is 51.3 Å². The van der Waals surface area contributed by atoms with Crippen LogP contribution in [0.3, 0.4) is 0 Å². The number of esters is 1. The van der Waals surface area contributed by atoms with Gasteiger partial charge in [0.2, 0.25) is 5.75 Å².